The first kappa shape index (κ1) is 18.6. The Hall–Kier alpha value is -3.18. The fraction of sp³-hybridized carbons (Fsp3) is 0.211. The molecule has 3 aromatic rings. The Morgan fingerprint density at radius 1 is 1.19 bits per heavy atom. The second kappa shape index (κ2) is 8.01. The summed E-state index contributed by atoms with van der Waals surface area (Å²) in [6.07, 6.45) is 0. The quantitative estimate of drug-likeness (QED) is 0.685. The third-order valence-electron chi connectivity index (χ3n) is 4.11. The monoisotopic (exact) mass is 378 g/mol. The Kier molecular flexibility index (Phi) is 5.52. The van der Waals surface area contributed by atoms with Gasteiger partial charge in [0.1, 0.15) is 0 Å². The molecule has 1 amide bonds. The molecule has 0 aliphatic carbocycles. The molecular weight excluding hydrogens is 360 g/mol. The molecule has 27 heavy (non-hydrogen) atoms. The van der Waals surface area contributed by atoms with Gasteiger partial charge in [0.25, 0.3) is 0 Å². The molecule has 1 atom stereocenters. The van der Waals surface area contributed by atoms with Gasteiger partial charge in [0, 0.05) is 5.69 Å². The van der Waals surface area contributed by atoms with Crippen LogP contribution in [0, 0.1) is 25.2 Å². The molecule has 1 N–H and O–H groups in total. The van der Waals surface area contributed by atoms with Gasteiger partial charge in [-0.05, 0) is 78.7 Å². The molecular formula is C19H18N6OS. The number of nitrogens with zero attached hydrogens (tertiary/aromatic N) is 5. The molecule has 0 fully saturated rings. The zero-order valence-corrected chi connectivity index (χ0v) is 16.0. The van der Waals surface area contributed by atoms with Crippen LogP contribution < -0.4 is 5.32 Å². The van der Waals surface area contributed by atoms with Crippen molar-refractivity contribution in [2.24, 2.45) is 0 Å². The van der Waals surface area contributed by atoms with Gasteiger partial charge in [0.2, 0.25) is 11.1 Å². The maximum atomic E-state index is 12.5. The van der Waals surface area contributed by atoms with E-state index < -0.39 is 5.25 Å². The van der Waals surface area contributed by atoms with E-state index in [4.69, 9.17) is 5.26 Å². The number of hydrogen-bond acceptors (Lipinski definition) is 6. The highest BCUT2D eigenvalue weighted by atomic mass is 32.2. The first-order valence-corrected chi connectivity index (χ1v) is 9.19. The minimum absolute atomic E-state index is 0.167. The van der Waals surface area contributed by atoms with Crippen LogP contribution in [0.2, 0.25) is 0 Å². The second-order valence-electron chi connectivity index (χ2n) is 6.08. The van der Waals surface area contributed by atoms with E-state index in [2.05, 4.69) is 20.8 Å². The number of aromatic nitrogens is 4. The summed E-state index contributed by atoms with van der Waals surface area (Å²) in [6, 6.07) is 14.7. The molecule has 7 nitrogen and oxygen atoms in total. The standard InChI is InChI=1S/C19H18N6OS/c1-12-4-9-17(10-13(12)2)25-19(22-23-24-25)27-14(3)18(26)21-16-7-5-15(11-20)6-8-16/h4-10,14H,1-3H3,(H,21,26)/t14-/m1/s1. The SMILES string of the molecule is Cc1ccc(-n2nnnc2S[C@H](C)C(=O)Nc2ccc(C#N)cc2)cc1C. The van der Waals surface area contributed by atoms with Gasteiger partial charge in [-0.15, -0.1) is 5.10 Å². The van der Waals surface area contributed by atoms with Gasteiger partial charge in [-0.3, -0.25) is 4.79 Å². The van der Waals surface area contributed by atoms with Crippen LogP contribution in [-0.2, 0) is 4.79 Å². The average Bonchev–Trinajstić information content (AvgIpc) is 3.12. The van der Waals surface area contributed by atoms with Gasteiger partial charge in [-0.1, -0.05) is 17.8 Å². The number of carbonyl (C=O) groups excluding carboxylic acids is 1. The maximum Gasteiger partial charge on any atom is 0.237 e. The number of carbonyl (C=O) groups is 1. The molecule has 2 aromatic carbocycles. The predicted octanol–water partition coefficient (Wildman–Crippen LogP) is 3.27. The van der Waals surface area contributed by atoms with Crippen molar-refractivity contribution in [3.63, 3.8) is 0 Å². The molecule has 0 aliphatic rings. The molecule has 1 heterocycles. The van der Waals surface area contributed by atoms with E-state index in [1.54, 1.807) is 35.9 Å². The van der Waals surface area contributed by atoms with Crippen LogP contribution in [0.5, 0.6) is 0 Å². The highest BCUT2D eigenvalue weighted by Crippen LogP contribution is 2.24. The van der Waals surface area contributed by atoms with E-state index in [0.29, 0.717) is 16.4 Å². The number of aryl methyl sites for hydroxylation is 2. The van der Waals surface area contributed by atoms with Crippen LogP contribution >= 0.6 is 11.8 Å². The Morgan fingerprint density at radius 2 is 1.93 bits per heavy atom. The third-order valence-corrected chi connectivity index (χ3v) is 5.14. The Labute approximate surface area is 161 Å². The van der Waals surface area contributed by atoms with Crippen LogP contribution in [0.4, 0.5) is 5.69 Å². The highest BCUT2D eigenvalue weighted by Gasteiger charge is 2.19. The number of nitriles is 1. The summed E-state index contributed by atoms with van der Waals surface area (Å²) in [5.74, 6) is -0.167. The van der Waals surface area contributed by atoms with Crippen LogP contribution in [-0.4, -0.2) is 31.4 Å². The number of benzene rings is 2. The molecule has 0 bridgehead atoms. The van der Waals surface area contributed by atoms with Gasteiger partial charge < -0.3 is 5.32 Å². The lowest BCUT2D eigenvalue weighted by molar-refractivity contribution is -0.115. The fourth-order valence-electron chi connectivity index (χ4n) is 2.36. The molecule has 0 spiro atoms. The van der Waals surface area contributed by atoms with E-state index in [1.807, 2.05) is 38.1 Å². The minimum Gasteiger partial charge on any atom is -0.325 e. The first-order valence-electron chi connectivity index (χ1n) is 8.31. The zero-order chi connectivity index (χ0) is 19.4. The van der Waals surface area contributed by atoms with Crippen molar-refractivity contribution in [2.45, 2.75) is 31.2 Å². The lowest BCUT2D eigenvalue weighted by atomic mass is 10.1. The number of rotatable bonds is 5. The van der Waals surface area contributed by atoms with Gasteiger partial charge in [-0.2, -0.15) is 9.94 Å². The van der Waals surface area contributed by atoms with Crippen molar-refractivity contribution in [2.75, 3.05) is 5.32 Å². The predicted molar refractivity (Wildman–Crippen MR) is 104 cm³/mol. The molecule has 0 unspecified atom stereocenters. The summed E-state index contributed by atoms with van der Waals surface area (Å²) < 4.78 is 1.63. The maximum absolute atomic E-state index is 12.5. The number of nitrogens with one attached hydrogen (secondary N) is 1. The van der Waals surface area contributed by atoms with E-state index in [1.165, 1.54) is 17.3 Å². The number of tetrazole rings is 1. The van der Waals surface area contributed by atoms with E-state index in [-0.39, 0.29) is 5.91 Å². The normalized spacial score (nSPS) is 11.6. The molecule has 136 valence electrons. The lowest BCUT2D eigenvalue weighted by Crippen LogP contribution is -2.22. The number of thioether (sulfide) groups is 1. The largest absolute Gasteiger partial charge is 0.325 e. The van der Waals surface area contributed by atoms with Crippen molar-refractivity contribution in [3.8, 4) is 11.8 Å². The lowest BCUT2D eigenvalue weighted by Gasteiger charge is -2.12. The summed E-state index contributed by atoms with van der Waals surface area (Å²) in [6.45, 7) is 5.87. The summed E-state index contributed by atoms with van der Waals surface area (Å²) in [5.41, 5.74) is 4.37. The van der Waals surface area contributed by atoms with E-state index in [0.717, 1.165) is 11.3 Å². The summed E-state index contributed by atoms with van der Waals surface area (Å²) >= 11 is 1.28. The van der Waals surface area contributed by atoms with Gasteiger partial charge in [0.15, 0.2) is 0 Å². The van der Waals surface area contributed by atoms with Crippen molar-refractivity contribution >= 4 is 23.4 Å². The highest BCUT2D eigenvalue weighted by molar-refractivity contribution is 8.00. The van der Waals surface area contributed by atoms with Crippen molar-refractivity contribution in [1.82, 2.24) is 20.2 Å². The zero-order valence-electron chi connectivity index (χ0n) is 15.2. The first-order chi connectivity index (χ1) is 13.0. The van der Waals surface area contributed by atoms with Crippen molar-refractivity contribution in [1.29, 1.82) is 5.26 Å². The van der Waals surface area contributed by atoms with Crippen LogP contribution in [0.3, 0.4) is 0 Å². The number of hydrogen-bond donors (Lipinski definition) is 1. The van der Waals surface area contributed by atoms with Crippen LogP contribution in [0.1, 0.15) is 23.6 Å². The average molecular weight is 378 g/mol. The third kappa shape index (κ3) is 4.33. The van der Waals surface area contributed by atoms with Gasteiger partial charge in [0.05, 0.1) is 22.6 Å². The van der Waals surface area contributed by atoms with Gasteiger partial charge >= 0.3 is 0 Å². The van der Waals surface area contributed by atoms with E-state index in [9.17, 15) is 4.79 Å². The Bertz CT molecular complexity index is 1010. The molecule has 3 rings (SSSR count). The van der Waals surface area contributed by atoms with Crippen LogP contribution in [0.15, 0.2) is 47.6 Å². The molecule has 0 radical (unpaired) electrons. The fourth-order valence-corrected chi connectivity index (χ4v) is 3.16. The van der Waals surface area contributed by atoms with Crippen molar-refractivity contribution < 1.29 is 4.79 Å². The van der Waals surface area contributed by atoms with Crippen LogP contribution in [0.25, 0.3) is 5.69 Å². The molecule has 0 aliphatic heterocycles. The topological polar surface area (TPSA) is 96.5 Å². The second-order valence-corrected chi connectivity index (χ2v) is 7.39. The molecule has 0 saturated heterocycles. The van der Waals surface area contributed by atoms with Crippen molar-refractivity contribution in [3.05, 3.63) is 59.2 Å². The molecule has 0 saturated carbocycles. The summed E-state index contributed by atoms with van der Waals surface area (Å²) in [5, 5.41) is 23.6. The van der Waals surface area contributed by atoms with E-state index >= 15 is 0 Å². The Morgan fingerprint density at radius 3 is 2.59 bits per heavy atom. The number of amides is 1. The number of anilines is 1. The minimum atomic E-state index is -0.406. The smallest absolute Gasteiger partial charge is 0.237 e. The summed E-state index contributed by atoms with van der Waals surface area (Å²) in [4.78, 5) is 12.5. The Balaban J connectivity index is 1.71. The summed E-state index contributed by atoms with van der Waals surface area (Å²) in [7, 11) is 0. The molecule has 1 aromatic heterocycles. The van der Waals surface area contributed by atoms with Gasteiger partial charge in [-0.25, -0.2) is 0 Å². The molecule has 8 heteroatoms.